The number of rotatable bonds is 2. The van der Waals surface area contributed by atoms with Crippen molar-refractivity contribution in [2.24, 2.45) is 5.16 Å². The van der Waals surface area contributed by atoms with E-state index in [1.54, 1.807) is 25.1 Å². The van der Waals surface area contributed by atoms with E-state index < -0.39 is 11.6 Å². The SMILES string of the molecule is CC(=O)ON=C(C)c1cc2ccccc2oc1=O. The Morgan fingerprint density at radius 3 is 2.72 bits per heavy atom. The van der Waals surface area contributed by atoms with Crippen LogP contribution >= 0.6 is 0 Å². The lowest BCUT2D eigenvalue weighted by atomic mass is 10.1. The molecule has 2 rings (SSSR count). The quantitative estimate of drug-likeness (QED) is 0.351. The van der Waals surface area contributed by atoms with E-state index in [9.17, 15) is 9.59 Å². The molecule has 0 saturated heterocycles. The number of nitrogens with zero attached hydrogens (tertiary/aromatic N) is 1. The van der Waals surface area contributed by atoms with Crippen LogP contribution in [-0.2, 0) is 9.63 Å². The van der Waals surface area contributed by atoms with Crippen molar-refractivity contribution >= 4 is 22.7 Å². The number of fused-ring (bicyclic) bond motifs is 1. The van der Waals surface area contributed by atoms with Crippen molar-refractivity contribution in [3.8, 4) is 0 Å². The molecule has 0 amide bonds. The summed E-state index contributed by atoms with van der Waals surface area (Å²) in [6.45, 7) is 2.81. The van der Waals surface area contributed by atoms with Crippen molar-refractivity contribution in [3.05, 3.63) is 46.3 Å². The number of benzene rings is 1. The maximum Gasteiger partial charge on any atom is 0.345 e. The van der Waals surface area contributed by atoms with Crippen LogP contribution in [0.5, 0.6) is 0 Å². The highest BCUT2D eigenvalue weighted by atomic mass is 16.7. The Kier molecular flexibility index (Phi) is 3.23. The second-order valence-electron chi connectivity index (χ2n) is 3.74. The molecule has 0 atom stereocenters. The topological polar surface area (TPSA) is 68.9 Å². The zero-order valence-corrected chi connectivity index (χ0v) is 9.97. The van der Waals surface area contributed by atoms with Crippen LogP contribution in [0.25, 0.3) is 11.0 Å². The number of carbonyl (C=O) groups excluding carboxylic acids is 1. The molecule has 1 aromatic carbocycles. The minimum atomic E-state index is -0.542. The van der Waals surface area contributed by atoms with Crippen molar-refractivity contribution in [2.75, 3.05) is 0 Å². The van der Waals surface area contributed by atoms with Crippen molar-refractivity contribution in [1.82, 2.24) is 0 Å². The van der Waals surface area contributed by atoms with Crippen molar-refractivity contribution in [3.63, 3.8) is 0 Å². The van der Waals surface area contributed by atoms with Gasteiger partial charge in [-0.15, -0.1) is 0 Å². The van der Waals surface area contributed by atoms with Gasteiger partial charge in [-0.25, -0.2) is 9.59 Å². The van der Waals surface area contributed by atoms with Gasteiger partial charge in [-0.3, -0.25) is 0 Å². The molecule has 92 valence electrons. The Hall–Kier alpha value is -2.43. The summed E-state index contributed by atoms with van der Waals surface area (Å²) >= 11 is 0. The Morgan fingerprint density at radius 1 is 1.28 bits per heavy atom. The second kappa shape index (κ2) is 4.83. The lowest BCUT2D eigenvalue weighted by molar-refractivity contribution is -0.140. The molecule has 0 fully saturated rings. The number of oxime groups is 1. The van der Waals surface area contributed by atoms with E-state index >= 15 is 0 Å². The highest BCUT2D eigenvalue weighted by Crippen LogP contribution is 2.13. The average Bonchev–Trinajstić information content (AvgIpc) is 2.35. The normalized spacial score (nSPS) is 11.6. The Morgan fingerprint density at radius 2 is 2.00 bits per heavy atom. The minimum absolute atomic E-state index is 0.273. The van der Waals surface area contributed by atoms with Crippen molar-refractivity contribution < 1.29 is 14.0 Å². The van der Waals surface area contributed by atoms with Crippen LogP contribution < -0.4 is 5.63 Å². The molecule has 0 bridgehead atoms. The highest BCUT2D eigenvalue weighted by molar-refractivity contribution is 6.00. The van der Waals surface area contributed by atoms with Gasteiger partial charge in [0.15, 0.2) is 0 Å². The van der Waals surface area contributed by atoms with Crippen LogP contribution in [0.4, 0.5) is 0 Å². The van der Waals surface area contributed by atoms with Gasteiger partial charge in [0.2, 0.25) is 0 Å². The lowest BCUT2D eigenvalue weighted by Gasteiger charge is -2.01. The first-order valence-corrected chi connectivity index (χ1v) is 5.33. The van der Waals surface area contributed by atoms with Crippen LogP contribution in [0, 0.1) is 0 Å². The van der Waals surface area contributed by atoms with E-state index in [0.29, 0.717) is 11.3 Å². The fraction of sp³-hybridized carbons (Fsp3) is 0.154. The van der Waals surface area contributed by atoms with Crippen LogP contribution in [0.1, 0.15) is 19.4 Å². The van der Waals surface area contributed by atoms with Gasteiger partial charge in [0, 0.05) is 12.3 Å². The number of carbonyl (C=O) groups is 1. The largest absolute Gasteiger partial charge is 0.422 e. The van der Waals surface area contributed by atoms with Gasteiger partial charge in [-0.05, 0) is 19.1 Å². The van der Waals surface area contributed by atoms with Gasteiger partial charge in [0.1, 0.15) is 5.58 Å². The predicted molar refractivity (Wildman–Crippen MR) is 66.5 cm³/mol. The van der Waals surface area contributed by atoms with Gasteiger partial charge in [-0.2, -0.15) is 0 Å². The van der Waals surface area contributed by atoms with Gasteiger partial charge in [0.25, 0.3) is 0 Å². The molecule has 0 aliphatic carbocycles. The van der Waals surface area contributed by atoms with Crippen molar-refractivity contribution in [1.29, 1.82) is 0 Å². The third kappa shape index (κ3) is 2.45. The molecular weight excluding hydrogens is 234 g/mol. The summed E-state index contributed by atoms with van der Waals surface area (Å²) in [5, 5.41) is 4.35. The van der Waals surface area contributed by atoms with Crippen LogP contribution in [0.15, 0.2) is 44.7 Å². The molecule has 18 heavy (non-hydrogen) atoms. The summed E-state index contributed by atoms with van der Waals surface area (Å²) in [6.07, 6.45) is 0. The summed E-state index contributed by atoms with van der Waals surface area (Å²) in [4.78, 5) is 26.9. The highest BCUT2D eigenvalue weighted by Gasteiger charge is 2.08. The molecule has 0 radical (unpaired) electrons. The van der Waals surface area contributed by atoms with E-state index in [4.69, 9.17) is 4.42 Å². The summed E-state index contributed by atoms with van der Waals surface area (Å²) in [5.41, 5.74) is 0.563. The molecule has 0 saturated carbocycles. The number of hydrogen-bond donors (Lipinski definition) is 0. The Balaban J connectivity index is 2.51. The molecule has 2 aromatic rings. The van der Waals surface area contributed by atoms with Crippen molar-refractivity contribution in [2.45, 2.75) is 13.8 Å². The molecule has 0 aliphatic rings. The van der Waals surface area contributed by atoms with E-state index in [1.165, 1.54) is 6.92 Å². The lowest BCUT2D eigenvalue weighted by Crippen LogP contribution is -2.12. The smallest absolute Gasteiger partial charge is 0.345 e. The third-order valence-electron chi connectivity index (χ3n) is 2.34. The average molecular weight is 245 g/mol. The Labute approximate surface area is 103 Å². The zero-order chi connectivity index (χ0) is 13.1. The fourth-order valence-corrected chi connectivity index (χ4v) is 1.50. The van der Waals surface area contributed by atoms with Gasteiger partial charge in [0.05, 0.1) is 11.3 Å². The number of para-hydroxylation sites is 1. The molecule has 5 nitrogen and oxygen atoms in total. The molecule has 1 heterocycles. The molecule has 0 unspecified atom stereocenters. The van der Waals surface area contributed by atoms with E-state index in [0.717, 1.165) is 5.39 Å². The summed E-state index contributed by atoms with van der Waals surface area (Å²) < 4.78 is 5.14. The Bertz CT molecular complexity index is 685. The maximum atomic E-state index is 11.7. The van der Waals surface area contributed by atoms with E-state index in [1.807, 2.05) is 12.1 Å². The van der Waals surface area contributed by atoms with E-state index in [2.05, 4.69) is 9.99 Å². The van der Waals surface area contributed by atoms with Crippen LogP contribution in [0.3, 0.4) is 0 Å². The van der Waals surface area contributed by atoms with Gasteiger partial charge in [-0.1, -0.05) is 23.4 Å². The molecule has 0 spiro atoms. The first kappa shape index (κ1) is 12.0. The van der Waals surface area contributed by atoms with Crippen LogP contribution in [0.2, 0.25) is 0 Å². The second-order valence-corrected chi connectivity index (χ2v) is 3.74. The predicted octanol–water partition coefficient (Wildman–Crippen LogP) is 2.08. The minimum Gasteiger partial charge on any atom is -0.422 e. The summed E-state index contributed by atoms with van der Waals surface area (Å²) in [5.74, 6) is -0.542. The molecule has 5 heteroatoms. The fourth-order valence-electron chi connectivity index (χ4n) is 1.50. The molecular formula is C13H11NO4. The molecule has 0 aliphatic heterocycles. The summed E-state index contributed by atoms with van der Waals surface area (Å²) in [6, 6.07) is 8.80. The molecule has 1 aromatic heterocycles. The van der Waals surface area contributed by atoms with Crippen LogP contribution in [-0.4, -0.2) is 11.7 Å². The molecule has 0 N–H and O–H groups in total. The first-order chi connectivity index (χ1) is 8.58. The first-order valence-electron chi connectivity index (χ1n) is 5.33. The third-order valence-corrected chi connectivity index (χ3v) is 2.34. The zero-order valence-electron chi connectivity index (χ0n) is 9.97. The monoisotopic (exact) mass is 245 g/mol. The number of hydrogen-bond acceptors (Lipinski definition) is 5. The van der Waals surface area contributed by atoms with Gasteiger partial charge < -0.3 is 9.25 Å². The van der Waals surface area contributed by atoms with Gasteiger partial charge >= 0.3 is 11.6 Å². The standard InChI is InChI=1S/C13H11NO4/c1-8(14-18-9(2)15)11-7-10-5-3-4-6-12(10)17-13(11)16/h3-7H,1-2H3. The van der Waals surface area contributed by atoms with E-state index in [-0.39, 0.29) is 5.56 Å². The maximum absolute atomic E-state index is 11.7. The summed E-state index contributed by atoms with van der Waals surface area (Å²) in [7, 11) is 0.